The summed E-state index contributed by atoms with van der Waals surface area (Å²) in [6, 6.07) is 7.24. The van der Waals surface area contributed by atoms with Gasteiger partial charge in [-0.05, 0) is 31.4 Å². The van der Waals surface area contributed by atoms with Crippen molar-refractivity contribution in [3.63, 3.8) is 0 Å². The number of hydrogen-bond acceptors (Lipinski definition) is 4. The molecule has 1 aromatic rings. The van der Waals surface area contributed by atoms with Crippen LogP contribution in [0.1, 0.15) is 55.8 Å². The number of thioether (sulfide) groups is 1. The van der Waals surface area contributed by atoms with Crippen LogP contribution in [0.15, 0.2) is 29.2 Å². The Balaban J connectivity index is 1.93. The number of primary amides is 1. The van der Waals surface area contributed by atoms with E-state index in [4.69, 9.17) is 5.73 Å². The maximum atomic E-state index is 13.0. The van der Waals surface area contributed by atoms with Gasteiger partial charge >= 0.3 is 0 Å². The summed E-state index contributed by atoms with van der Waals surface area (Å²) in [6.45, 7) is 3.95. The molecule has 0 aromatic heterocycles. The molecular weight excluding hydrogens is 374 g/mol. The molecule has 28 heavy (non-hydrogen) atoms. The van der Waals surface area contributed by atoms with E-state index >= 15 is 0 Å². The van der Waals surface area contributed by atoms with E-state index in [0.29, 0.717) is 25.2 Å². The minimum Gasteiger partial charge on any atom is -0.369 e. The van der Waals surface area contributed by atoms with Crippen LogP contribution in [0.5, 0.6) is 0 Å². The third kappa shape index (κ3) is 6.86. The summed E-state index contributed by atoms with van der Waals surface area (Å²) in [6.07, 6.45) is 6.12. The molecule has 1 aliphatic rings. The van der Waals surface area contributed by atoms with Crippen LogP contribution >= 0.6 is 11.8 Å². The van der Waals surface area contributed by atoms with Gasteiger partial charge in [0, 0.05) is 24.5 Å². The average molecular weight is 406 g/mol. The van der Waals surface area contributed by atoms with E-state index in [1.807, 2.05) is 18.2 Å². The second kappa shape index (κ2) is 11.7. The first-order valence-corrected chi connectivity index (χ1v) is 11.1. The molecule has 3 amide bonds. The minimum atomic E-state index is -0.416. The summed E-state index contributed by atoms with van der Waals surface area (Å²) in [5, 5.41) is 3.02. The van der Waals surface area contributed by atoms with Gasteiger partial charge in [-0.15, -0.1) is 11.8 Å². The van der Waals surface area contributed by atoms with E-state index in [-0.39, 0.29) is 23.5 Å². The fourth-order valence-electron chi connectivity index (χ4n) is 3.37. The number of piperidine rings is 1. The Hall–Kier alpha value is -2.02. The van der Waals surface area contributed by atoms with Crippen molar-refractivity contribution in [3.8, 4) is 0 Å². The Morgan fingerprint density at radius 1 is 1.21 bits per heavy atom. The molecule has 1 fully saturated rings. The first-order valence-electron chi connectivity index (χ1n) is 10.1. The Labute approximate surface area is 171 Å². The molecule has 0 saturated carbocycles. The summed E-state index contributed by atoms with van der Waals surface area (Å²) in [5.41, 5.74) is 5.79. The minimum absolute atomic E-state index is 0.0467. The second-order valence-corrected chi connectivity index (χ2v) is 8.21. The van der Waals surface area contributed by atoms with Gasteiger partial charge in [0.2, 0.25) is 11.8 Å². The van der Waals surface area contributed by atoms with Gasteiger partial charge in [0.1, 0.15) is 0 Å². The largest absolute Gasteiger partial charge is 0.369 e. The van der Waals surface area contributed by atoms with Crippen LogP contribution < -0.4 is 11.1 Å². The predicted molar refractivity (Wildman–Crippen MR) is 112 cm³/mol. The number of nitrogens with two attached hydrogens (primary N) is 1. The van der Waals surface area contributed by atoms with E-state index in [0.717, 1.165) is 30.6 Å². The van der Waals surface area contributed by atoms with E-state index in [1.54, 1.807) is 11.0 Å². The summed E-state index contributed by atoms with van der Waals surface area (Å²) < 4.78 is 0. The van der Waals surface area contributed by atoms with Crippen LogP contribution in [0, 0.1) is 5.92 Å². The zero-order chi connectivity index (χ0) is 20.4. The molecule has 1 aromatic carbocycles. The number of rotatable bonds is 10. The monoisotopic (exact) mass is 405 g/mol. The van der Waals surface area contributed by atoms with E-state index in [9.17, 15) is 14.4 Å². The average Bonchev–Trinajstić information content (AvgIpc) is 2.71. The number of benzene rings is 1. The number of hydrogen-bond donors (Lipinski definition) is 2. The Morgan fingerprint density at radius 3 is 2.75 bits per heavy atom. The smallest absolute Gasteiger partial charge is 0.255 e. The lowest BCUT2D eigenvalue weighted by Crippen LogP contribution is -2.45. The molecule has 0 radical (unpaired) electrons. The van der Waals surface area contributed by atoms with Crippen LogP contribution in [0.2, 0.25) is 0 Å². The van der Waals surface area contributed by atoms with Crippen molar-refractivity contribution < 1.29 is 14.4 Å². The highest BCUT2D eigenvalue weighted by atomic mass is 32.2. The molecule has 154 valence electrons. The number of unbranched alkanes of at least 4 members (excludes halogenated alkanes) is 3. The molecule has 6 nitrogen and oxygen atoms in total. The lowest BCUT2D eigenvalue weighted by atomic mass is 9.96. The Morgan fingerprint density at radius 2 is 2.00 bits per heavy atom. The van der Waals surface area contributed by atoms with Crippen molar-refractivity contribution in [2.45, 2.75) is 50.3 Å². The van der Waals surface area contributed by atoms with Gasteiger partial charge < -0.3 is 16.0 Å². The highest BCUT2D eigenvalue weighted by Gasteiger charge is 2.29. The van der Waals surface area contributed by atoms with Gasteiger partial charge in [-0.3, -0.25) is 14.4 Å². The molecule has 2 rings (SSSR count). The number of amides is 3. The van der Waals surface area contributed by atoms with Gasteiger partial charge in [0.25, 0.3) is 5.91 Å². The zero-order valence-electron chi connectivity index (χ0n) is 16.6. The number of nitrogens with zero attached hydrogens (tertiary/aromatic N) is 1. The van der Waals surface area contributed by atoms with Crippen LogP contribution in [-0.4, -0.2) is 48.0 Å². The van der Waals surface area contributed by atoms with Crippen molar-refractivity contribution in [1.82, 2.24) is 10.2 Å². The van der Waals surface area contributed by atoms with Crippen molar-refractivity contribution in [3.05, 3.63) is 29.8 Å². The van der Waals surface area contributed by atoms with Crippen molar-refractivity contribution in [2.24, 2.45) is 11.7 Å². The number of carbonyl (C=O) groups excluding carboxylic acids is 3. The van der Waals surface area contributed by atoms with Crippen LogP contribution in [-0.2, 0) is 9.59 Å². The molecule has 1 saturated heterocycles. The summed E-state index contributed by atoms with van der Waals surface area (Å²) in [5.74, 6) is -0.485. The molecule has 0 unspecified atom stereocenters. The van der Waals surface area contributed by atoms with E-state index in [1.165, 1.54) is 24.6 Å². The molecule has 1 aliphatic heterocycles. The molecular formula is C21H31N3O3S. The first kappa shape index (κ1) is 22.3. The normalized spacial score (nSPS) is 16.6. The van der Waals surface area contributed by atoms with E-state index < -0.39 is 5.91 Å². The van der Waals surface area contributed by atoms with Gasteiger partial charge in [-0.25, -0.2) is 0 Å². The fourth-order valence-corrected chi connectivity index (χ4v) is 4.16. The molecule has 0 bridgehead atoms. The number of nitrogens with one attached hydrogen (secondary N) is 1. The molecule has 7 heteroatoms. The summed E-state index contributed by atoms with van der Waals surface area (Å²) in [7, 11) is 0. The topological polar surface area (TPSA) is 92.5 Å². The fraction of sp³-hybridized carbons (Fsp3) is 0.571. The first-order chi connectivity index (χ1) is 13.5. The lowest BCUT2D eigenvalue weighted by molar-refractivity contribution is -0.126. The summed E-state index contributed by atoms with van der Waals surface area (Å²) >= 11 is 1.27. The van der Waals surface area contributed by atoms with Crippen molar-refractivity contribution in [2.75, 3.05) is 25.4 Å². The van der Waals surface area contributed by atoms with Gasteiger partial charge in [-0.2, -0.15) is 0 Å². The molecule has 0 aliphatic carbocycles. The highest BCUT2D eigenvalue weighted by molar-refractivity contribution is 8.00. The van der Waals surface area contributed by atoms with Crippen LogP contribution in [0.3, 0.4) is 0 Å². The molecule has 3 N–H and O–H groups in total. The molecule has 1 heterocycles. The predicted octanol–water partition coefficient (Wildman–Crippen LogP) is 2.81. The SMILES string of the molecule is CCCCCCNC(=O)[C@H]1CCCN(C(=O)c2ccccc2SCC(N)=O)C1. The third-order valence-electron chi connectivity index (χ3n) is 4.90. The van der Waals surface area contributed by atoms with Crippen LogP contribution in [0.25, 0.3) is 0 Å². The summed E-state index contributed by atoms with van der Waals surface area (Å²) in [4.78, 5) is 39.1. The zero-order valence-corrected chi connectivity index (χ0v) is 17.4. The van der Waals surface area contributed by atoms with Crippen LogP contribution in [0.4, 0.5) is 0 Å². The highest BCUT2D eigenvalue weighted by Crippen LogP contribution is 2.26. The second-order valence-electron chi connectivity index (χ2n) is 7.19. The molecule has 0 spiro atoms. The van der Waals surface area contributed by atoms with Gasteiger partial charge in [-0.1, -0.05) is 38.3 Å². The quantitative estimate of drug-likeness (QED) is 0.462. The van der Waals surface area contributed by atoms with Crippen molar-refractivity contribution >= 4 is 29.5 Å². The Bertz CT molecular complexity index is 681. The lowest BCUT2D eigenvalue weighted by Gasteiger charge is -2.32. The standard InChI is InChI=1S/C21H31N3O3S/c1-2-3-4-7-12-23-20(26)16-9-8-13-24(14-16)21(27)17-10-5-6-11-18(17)28-15-19(22)25/h5-6,10-11,16H,2-4,7-9,12-15H2,1H3,(H2,22,25)(H,23,26)/t16-/m0/s1. The number of likely N-dealkylation sites (tertiary alicyclic amines) is 1. The maximum absolute atomic E-state index is 13.0. The van der Waals surface area contributed by atoms with Gasteiger partial charge in [0.15, 0.2) is 0 Å². The van der Waals surface area contributed by atoms with Crippen molar-refractivity contribution in [1.29, 1.82) is 0 Å². The Kier molecular flexibility index (Phi) is 9.34. The van der Waals surface area contributed by atoms with E-state index in [2.05, 4.69) is 12.2 Å². The number of carbonyl (C=O) groups is 3. The molecule has 1 atom stereocenters. The van der Waals surface area contributed by atoms with Gasteiger partial charge in [0.05, 0.1) is 17.2 Å². The maximum Gasteiger partial charge on any atom is 0.255 e. The third-order valence-corrected chi connectivity index (χ3v) is 5.99.